The van der Waals surface area contributed by atoms with Gasteiger partial charge in [0, 0.05) is 13.2 Å². The van der Waals surface area contributed by atoms with Gasteiger partial charge in [-0.1, -0.05) is 12.1 Å². The summed E-state index contributed by atoms with van der Waals surface area (Å²) in [6.45, 7) is 8.41. The van der Waals surface area contributed by atoms with Gasteiger partial charge in [-0.15, -0.1) is 0 Å². The molecule has 0 amide bonds. The summed E-state index contributed by atoms with van der Waals surface area (Å²) in [5.41, 5.74) is 6.72. The minimum absolute atomic E-state index is 0.131. The largest absolute Gasteiger partial charge is 0.374 e. The molecule has 1 aromatic carbocycles. The van der Waals surface area contributed by atoms with Crippen molar-refractivity contribution < 1.29 is 0 Å². The number of nitrogens with zero attached hydrogens (tertiary/aromatic N) is 4. The van der Waals surface area contributed by atoms with Gasteiger partial charge < -0.3 is 9.88 Å². The van der Waals surface area contributed by atoms with Crippen LogP contribution in [0.15, 0.2) is 36.9 Å². The second-order valence-electron chi connectivity index (χ2n) is 6.18. The first-order valence-electron chi connectivity index (χ1n) is 7.82. The number of aromatic nitrogens is 4. The third-order valence-electron chi connectivity index (χ3n) is 4.14. The van der Waals surface area contributed by atoms with Crippen molar-refractivity contribution in [2.24, 2.45) is 7.05 Å². The molecule has 120 valence electrons. The Kier molecular flexibility index (Phi) is 3.94. The van der Waals surface area contributed by atoms with E-state index >= 15 is 0 Å². The molecule has 0 saturated heterocycles. The van der Waals surface area contributed by atoms with E-state index in [2.05, 4.69) is 61.3 Å². The molecule has 1 atom stereocenters. The molecule has 1 unspecified atom stereocenters. The summed E-state index contributed by atoms with van der Waals surface area (Å²) in [5.74, 6) is 0. The molecule has 0 aliphatic heterocycles. The number of rotatable bonds is 4. The average molecular weight is 309 g/mol. The van der Waals surface area contributed by atoms with Crippen LogP contribution in [0.1, 0.15) is 35.5 Å². The van der Waals surface area contributed by atoms with Crippen LogP contribution < -0.4 is 5.32 Å². The van der Waals surface area contributed by atoms with Crippen molar-refractivity contribution in [3.63, 3.8) is 0 Å². The molecule has 23 heavy (non-hydrogen) atoms. The van der Waals surface area contributed by atoms with E-state index in [-0.39, 0.29) is 6.04 Å². The van der Waals surface area contributed by atoms with Crippen molar-refractivity contribution in [1.29, 1.82) is 0 Å². The number of imidazole rings is 1. The van der Waals surface area contributed by atoms with Gasteiger partial charge in [-0.2, -0.15) is 5.10 Å². The fourth-order valence-corrected chi connectivity index (χ4v) is 2.71. The molecule has 0 aliphatic carbocycles. The molecule has 2 heterocycles. The maximum Gasteiger partial charge on any atom is 0.0947 e. The van der Waals surface area contributed by atoms with E-state index in [1.165, 1.54) is 11.1 Å². The van der Waals surface area contributed by atoms with Gasteiger partial charge in [0.1, 0.15) is 0 Å². The number of nitrogens with one attached hydrogen (secondary N) is 1. The summed E-state index contributed by atoms with van der Waals surface area (Å²) in [5, 5.41) is 8.07. The van der Waals surface area contributed by atoms with Crippen LogP contribution in [0.4, 0.5) is 5.69 Å². The Morgan fingerprint density at radius 3 is 2.65 bits per heavy atom. The van der Waals surface area contributed by atoms with E-state index in [1.54, 1.807) is 0 Å². The minimum atomic E-state index is 0.131. The number of hydrogen-bond acceptors (Lipinski definition) is 3. The molecule has 0 saturated carbocycles. The van der Waals surface area contributed by atoms with E-state index in [9.17, 15) is 0 Å². The molecule has 0 radical (unpaired) electrons. The normalized spacial score (nSPS) is 12.4. The smallest absolute Gasteiger partial charge is 0.0947 e. The topological polar surface area (TPSA) is 47.7 Å². The Morgan fingerprint density at radius 2 is 1.96 bits per heavy atom. The average Bonchev–Trinajstić information content (AvgIpc) is 3.09. The van der Waals surface area contributed by atoms with Crippen LogP contribution in [0, 0.1) is 20.8 Å². The van der Waals surface area contributed by atoms with Gasteiger partial charge >= 0.3 is 0 Å². The van der Waals surface area contributed by atoms with E-state index < -0.39 is 0 Å². The van der Waals surface area contributed by atoms with E-state index in [0.29, 0.717) is 0 Å². The quantitative estimate of drug-likeness (QED) is 0.799. The van der Waals surface area contributed by atoms with Crippen molar-refractivity contribution in [2.75, 3.05) is 5.32 Å². The fourth-order valence-electron chi connectivity index (χ4n) is 2.71. The third kappa shape index (κ3) is 2.99. The highest BCUT2D eigenvalue weighted by molar-refractivity contribution is 5.52. The van der Waals surface area contributed by atoms with Gasteiger partial charge in [0.25, 0.3) is 0 Å². The van der Waals surface area contributed by atoms with Crippen LogP contribution in [0.2, 0.25) is 0 Å². The standard InChI is InChI=1S/C18H23N5/c1-12-6-7-13(2)18(8-12)23-15(4)16(9-20-23)21-14(3)17-10-22(5)11-19-17/h6-11,14,21H,1-5H3. The van der Waals surface area contributed by atoms with Crippen molar-refractivity contribution >= 4 is 5.69 Å². The SMILES string of the molecule is Cc1ccc(C)c(-n2ncc(NC(C)c3cn(C)cn3)c2C)c1. The molecule has 0 bridgehead atoms. The van der Waals surface area contributed by atoms with Crippen molar-refractivity contribution in [2.45, 2.75) is 33.7 Å². The summed E-state index contributed by atoms with van der Waals surface area (Å²) in [6, 6.07) is 6.56. The van der Waals surface area contributed by atoms with E-state index in [4.69, 9.17) is 0 Å². The van der Waals surface area contributed by atoms with Gasteiger partial charge in [-0.3, -0.25) is 0 Å². The second kappa shape index (κ2) is 5.91. The predicted molar refractivity (Wildman–Crippen MR) is 93.0 cm³/mol. The molecular formula is C18H23N5. The summed E-state index contributed by atoms with van der Waals surface area (Å²) in [4.78, 5) is 4.41. The molecule has 0 spiro atoms. The Bertz CT molecular complexity index is 828. The zero-order valence-corrected chi connectivity index (χ0v) is 14.3. The first-order chi connectivity index (χ1) is 11.0. The van der Waals surface area contributed by atoms with Crippen LogP contribution >= 0.6 is 0 Å². The fraction of sp³-hybridized carbons (Fsp3) is 0.333. The molecule has 3 aromatic rings. The number of aryl methyl sites for hydroxylation is 3. The summed E-state index contributed by atoms with van der Waals surface area (Å²) >= 11 is 0. The van der Waals surface area contributed by atoms with Crippen molar-refractivity contribution in [3.05, 3.63) is 59.4 Å². The molecule has 0 aliphatic rings. The molecule has 5 heteroatoms. The van der Waals surface area contributed by atoms with Crippen LogP contribution in [0.25, 0.3) is 5.69 Å². The Balaban J connectivity index is 1.89. The van der Waals surface area contributed by atoms with Gasteiger partial charge in [0.2, 0.25) is 0 Å². The molecule has 1 N–H and O–H groups in total. The maximum absolute atomic E-state index is 4.57. The van der Waals surface area contributed by atoms with Gasteiger partial charge in [-0.05, 0) is 44.9 Å². The lowest BCUT2D eigenvalue weighted by molar-refractivity contribution is 0.829. The van der Waals surface area contributed by atoms with E-state index in [1.807, 2.05) is 35.0 Å². The first-order valence-corrected chi connectivity index (χ1v) is 7.82. The van der Waals surface area contributed by atoms with Crippen LogP contribution in [-0.2, 0) is 7.05 Å². The summed E-state index contributed by atoms with van der Waals surface area (Å²) < 4.78 is 3.95. The van der Waals surface area contributed by atoms with Gasteiger partial charge in [-0.25, -0.2) is 9.67 Å². The Morgan fingerprint density at radius 1 is 1.17 bits per heavy atom. The van der Waals surface area contributed by atoms with Gasteiger partial charge in [0.15, 0.2) is 0 Å². The third-order valence-corrected chi connectivity index (χ3v) is 4.14. The van der Waals surface area contributed by atoms with Crippen LogP contribution in [0.5, 0.6) is 0 Å². The maximum atomic E-state index is 4.57. The number of benzene rings is 1. The predicted octanol–water partition coefficient (Wildman–Crippen LogP) is 3.70. The molecular weight excluding hydrogens is 286 g/mol. The Labute approximate surface area is 137 Å². The minimum Gasteiger partial charge on any atom is -0.374 e. The monoisotopic (exact) mass is 309 g/mol. The van der Waals surface area contributed by atoms with Crippen molar-refractivity contribution in [3.8, 4) is 5.69 Å². The highest BCUT2D eigenvalue weighted by Crippen LogP contribution is 2.24. The lowest BCUT2D eigenvalue weighted by atomic mass is 10.1. The van der Waals surface area contributed by atoms with E-state index in [0.717, 1.165) is 22.8 Å². The number of hydrogen-bond donors (Lipinski definition) is 1. The highest BCUT2D eigenvalue weighted by Gasteiger charge is 2.14. The Hall–Kier alpha value is -2.56. The van der Waals surface area contributed by atoms with Gasteiger partial charge in [0.05, 0.1) is 41.3 Å². The lowest BCUT2D eigenvalue weighted by Crippen LogP contribution is -2.08. The second-order valence-corrected chi connectivity index (χ2v) is 6.18. The lowest BCUT2D eigenvalue weighted by Gasteiger charge is -2.14. The van der Waals surface area contributed by atoms with Crippen LogP contribution in [0.3, 0.4) is 0 Å². The molecule has 3 rings (SSSR count). The summed E-state index contributed by atoms with van der Waals surface area (Å²) in [7, 11) is 1.98. The van der Waals surface area contributed by atoms with Crippen LogP contribution in [-0.4, -0.2) is 19.3 Å². The van der Waals surface area contributed by atoms with Crippen molar-refractivity contribution in [1.82, 2.24) is 19.3 Å². The zero-order valence-electron chi connectivity index (χ0n) is 14.3. The molecule has 0 fully saturated rings. The summed E-state index contributed by atoms with van der Waals surface area (Å²) in [6.07, 6.45) is 5.73. The molecule has 2 aromatic heterocycles. The molecule has 5 nitrogen and oxygen atoms in total. The highest BCUT2D eigenvalue weighted by atomic mass is 15.3. The first kappa shape index (κ1) is 15.3. The zero-order chi connectivity index (χ0) is 16.6. The number of anilines is 1.